The van der Waals surface area contributed by atoms with Gasteiger partial charge in [-0.1, -0.05) is 0 Å². The lowest BCUT2D eigenvalue weighted by Gasteiger charge is -2.16. The summed E-state index contributed by atoms with van der Waals surface area (Å²) in [6, 6.07) is 6.89. The van der Waals surface area contributed by atoms with Crippen molar-refractivity contribution in [1.29, 1.82) is 5.26 Å². The van der Waals surface area contributed by atoms with E-state index in [1.54, 1.807) is 18.2 Å². The average molecular weight is 247 g/mol. The zero-order chi connectivity index (χ0) is 13.1. The van der Waals surface area contributed by atoms with E-state index in [4.69, 9.17) is 20.5 Å². The van der Waals surface area contributed by atoms with Gasteiger partial charge >= 0.3 is 6.09 Å². The highest BCUT2D eigenvalue weighted by Crippen LogP contribution is 2.32. The molecule has 1 saturated heterocycles. The molecular formula is C12H13N3O3. The molecule has 0 aromatic heterocycles. The summed E-state index contributed by atoms with van der Waals surface area (Å²) in [6.45, 7) is 0.665. The van der Waals surface area contributed by atoms with Crippen molar-refractivity contribution < 1.29 is 14.3 Å². The third-order valence-corrected chi connectivity index (χ3v) is 2.74. The number of cyclic esters (lactones) is 1. The zero-order valence-electron chi connectivity index (χ0n) is 9.92. The number of nitrogens with two attached hydrogens (primary N) is 1. The Labute approximate surface area is 104 Å². The van der Waals surface area contributed by atoms with E-state index < -0.39 is 6.09 Å². The highest BCUT2D eigenvalue weighted by atomic mass is 16.6. The topological polar surface area (TPSA) is 88.6 Å². The predicted octanol–water partition coefficient (Wildman–Crippen LogP) is 0.851. The Morgan fingerprint density at radius 2 is 2.44 bits per heavy atom. The molecule has 1 aromatic rings. The molecule has 1 aromatic carbocycles. The van der Waals surface area contributed by atoms with Crippen molar-refractivity contribution in [3.63, 3.8) is 0 Å². The Hall–Kier alpha value is -2.26. The van der Waals surface area contributed by atoms with Crippen LogP contribution in [0, 0.1) is 11.3 Å². The molecule has 1 unspecified atom stereocenters. The fourth-order valence-corrected chi connectivity index (χ4v) is 1.81. The van der Waals surface area contributed by atoms with E-state index in [-0.39, 0.29) is 12.6 Å². The van der Waals surface area contributed by atoms with Crippen LogP contribution in [0.5, 0.6) is 5.75 Å². The van der Waals surface area contributed by atoms with E-state index in [9.17, 15) is 4.79 Å². The second kappa shape index (κ2) is 4.94. The maximum atomic E-state index is 11.7. The van der Waals surface area contributed by atoms with Gasteiger partial charge in [0.25, 0.3) is 0 Å². The first-order valence-corrected chi connectivity index (χ1v) is 5.46. The van der Waals surface area contributed by atoms with E-state index in [1.165, 1.54) is 12.0 Å². The molecular weight excluding hydrogens is 234 g/mol. The van der Waals surface area contributed by atoms with Gasteiger partial charge < -0.3 is 15.2 Å². The molecule has 6 heteroatoms. The van der Waals surface area contributed by atoms with E-state index in [0.29, 0.717) is 23.5 Å². The summed E-state index contributed by atoms with van der Waals surface area (Å²) in [5.74, 6) is 0.462. The van der Waals surface area contributed by atoms with Crippen LogP contribution in [0.1, 0.15) is 5.56 Å². The number of hydrogen-bond donors (Lipinski definition) is 1. The van der Waals surface area contributed by atoms with Crippen LogP contribution in [0.25, 0.3) is 0 Å². The number of hydrogen-bond acceptors (Lipinski definition) is 5. The number of carbonyl (C=O) groups is 1. The summed E-state index contributed by atoms with van der Waals surface area (Å²) in [7, 11) is 1.49. The first kappa shape index (κ1) is 12.2. The van der Waals surface area contributed by atoms with Gasteiger partial charge in [-0.15, -0.1) is 0 Å². The molecule has 0 radical (unpaired) electrons. The minimum absolute atomic E-state index is 0.279. The number of amides is 1. The van der Waals surface area contributed by atoms with Crippen LogP contribution in [0.2, 0.25) is 0 Å². The minimum Gasteiger partial charge on any atom is -0.495 e. The summed E-state index contributed by atoms with van der Waals surface area (Å²) >= 11 is 0. The number of anilines is 1. The number of carbonyl (C=O) groups excluding carboxylic acids is 1. The van der Waals surface area contributed by atoms with E-state index in [1.807, 2.05) is 6.07 Å². The standard InChI is InChI=1S/C12H13N3O3/c1-17-11-4-8(5-13)2-3-10(11)15-7-9(6-14)18-12(15)16/h2-4,9H,6-7,14H2,1H3. The van der Waals surface area contributed by atoms with Crippen molar-refractivity contribution in [1.82, 2.24) is 0 Å². The molecule has 1 aliphatic heterocycles. The molecule has 1 fully saturated rings. The van der Waals surface area contributed by atoms with Crippen LogP contribution >= 0.6 is 0 Å². The SMILES string of the molecule is COc1cc(C#N)ccc1N1CC(CN)OC1=O. The quantitative estimate of drug-likeness (QED) is 0.855. The molecule has 0 aliphatic carbocycles. The predicted molar refractivity (Wildman–Crippen MR) is 64.4 cm³/mol. The van der Waals surface area contributed by atoms with E-state index in [2.05, 4.69) is 0 Å². The first-order chi connectivity index (χ1) is 8.69. The normalized spacial score (nSPS) is 18.4. The molecule has 0 saturated carbocycles. The van der Waals surface area contributed by atoms with Gasteiger partial charge in [0, 0.05) is 12.6 Å². The molecule has 0 bridgehead atoms. The van der Waals surface area contributed by atoms with Gasteiger partial charge in [-0.2, -0.15) is 5.26 Å². The Morgan fingerprint density at radius 3 is 3.00 bits per heavy atom. The molecule has 2 rings (SSSR count). The smallest absolute Gasteiger partial charge is 0.414 e. The average Bonchev–Trinajstić information content (AvgIpc) is 2.79. The fourth-order valence-electron chi connectivity index (χ4n) is 1.81. The van der Waals surface area contributed by atoms with Crippen LogP contribution in [0.4, 0.5) is 10.5 Å². The van der Waals surface area contributed by atoms with Crippen LogP contribution in [0.15, 0.2) is 18.2 Å². The lowest BCUT2D eigenvalue weighted by atomic mass is 10.2. The zero-order valence-corrected chi connectivity index (χ0v) is 9.92. The van der Waals surface area contributed by atoms with E-state index >= 15 is 0 Å². The van der Waals surface area contributed by atoms with Gasteiger partial charge in [-0.05, 0) is 12.1 Å². The van der Waals surface area contributed by atoms with Crippen molar-refractivity contribution in [2.24, 2.45) is 5.73 Å². The number of methoxy groups -OCH3 is 1. The lowest BCUT2D eigenvalue weighted by molar-refractivity contribution is 0.145. The first-order valence-electron chi connectivity index (χ1n) is 5.46. The van der Waals surface area contributed by atoms with Gasteiger partial charge in [-0.25, -0.2) is 4.79 Å². The summed E-state index contributed by atoms with van der Waals surface area (Å²) < 4.78 is 10.3. The summed E-state index contributed by atoms with van der Waals surface area (Å²) in [4.78, 5) is 13.2. The fraction of sp³-hybridized carbons (Fsp3) is 0.333. The van der Waals surface area contributed by atoms with Gasteiger partial charge in [-0.3, -0.25) is 4.90 Å². The number of rotatable bonds is 3. The lowest BCUT2D eigenvalue weighted by Crippen LogP contribution is -2.27. The van der Waals surface area contributed by atoms with Crippen molar-refractivity contribution in [3.05, 3.63) is 23.8 Å². The second-order valence-electron chi connectivity index (χ2n) is 3.85. The summed E-state index contributed by atoms with van der Waals surface area (Å²) in [6.07, 6.45) is -0.758. The summed E-state index contributed by atoms with van der Waals surface area (Å²) in [5.41, 5.74) is 6.53. The van der Waals surface area contributed by atoms with Gasteiger partial charge in [0.2, 0.25) is 0 Å². The van der Waals surface area contributed by atoms with Gasteiger partial charge in [0.15, 0.2) is 0 Å². The molecule has 6 nitrogen and oxygen atoms in total. The van der Waals surface area contributed by atoms with Crippen LogP contribution in [-0.2, 0) is 4.74 Å². The molecule has 1 amide bonds. The maximum Gasteiger partial charge on any atom is 0.414 e. The molecule has 0 spiro atoms. The number of nitriles is 1. The maximum absolute atomic E-state index is 11.7. The molecule has 94 valence electrons. The number of benzene rings is 1. The van der Waals surface area contributed by atoms with E-state index in [0.717, 1.165) is 0 Å². The molecule has 2 N–H and O–H groups in total. The monoisotopic (exact) mass is 247 g/mol. The highest BCUT2D eigenvalue weighted by molar-refractivity contribution is 5.91. The van der Waals surface area contributed by atoms with Crippen LogP contribution in [-0.4, -0.2) is 32.4 Å². The van der Waals surface area contributed by atoms with Crippen molar-refractivity contribution in [2.45, 2.75) is 6.10 Å². The number of ether oxygens (including phenoxy) is 2. The van der Waals surface area contributed by atoms with Gasteiger partial charge in [0.05, 0.1) is 31.0 Å². The largest absolute Gasteiger partial charge is 0.495 e. The summed E-state index contributed by atoms with van der Waals surface area (Å²) in [5, 5.41) is 8.82. The van der Waals surface area contributed by atoms with Crippen molar-refractivity contribution in [2.75, 3.05) is 25.1 Å². The van der Waals surface area contributed by atoms with Gasteiger partial charge in [0.1, 0.15) is 11.9 Å². The molecule has 1 atom stereocenters. The van der Waals surface area contributed by atoms with Crippen molar-refractivity contribution >= 4 is 11.8 Å². The molecule has 1 heterocycles. The number of nitrogens with zero attached hydrogens (tertiary/aromatic N) is 2. The minimum atomic E-state index is -0.451. The highest BCUT2D eigenvalue weighted by Gasteiger charge is 2.33. The Balaban J connectivity index is 2.34. The Kier molecular flexibility index (Phi) is 3.35. The van der Waals surface area contributed by atoms with Crippen molar-refractivity contribution in [3.8, 4) is 11.8 Å². The molecule has 1 aliphatic rings. The Morgan fingerprint density at radius 1 is 1.67 bits per heavy atom. The van der Waals surface area contributed by atoms with Crippen LogP contribution in [0.3, 0.4) is 0 Å². The third kappa shape index (κ3) is 2.08. The molecule has 18 heavy (non-hydrogen) atoms. The van der Waals surface area contributed by atoms with Crippen LogP contribution < -0.4 is 15.4 Å². The second-order valence-corrected chi connectivity index (χ2v) is 3.85. The Bertz CT molecular complexity index is 510. The third-order valence-electron chi connectivity index (χ3n) is 2.74.